The Morgan fingerprint density at radius 3 is 2.50 bits per heavy atom. The second-order valence-corrected chi connectivity index (χ2v) is 6.39. The predicted molar refractivity (Wildman–Crippen MR) is 95.3 cm³/mol. The van der Waals surface area contributed by atoms with E-state index in [0.717, 1.165) is 30.6 Å². The second kappa shape index (κ2) is 6.95. The third-order valence-corrected chi connectivity index (χ3v) is 4.58. The summed E-state index contributed by atoms with van der Waals surface area (Å²) in [5, 5.41) is 6.09. The van der Waals surface area contributed by atoms with Crippen molar-refractivity contribution >= 4 is 6.03 Å². The summed E-state index contributed by atoms with van der Waals surface area (Å²) in [6.45, 7) is 2.65. The normalized spacial score (nSPS) is 14.8. The van der Waals surface area contributed by atoms with Crippen LogP contribution in [0, 0.1) is 6.92 Å². The third-order valence-electron chi connectivity index (χ3n) is 4.58. The summed E-state index contributed by atoms with van der Waals surface area (Å²) in [6.07, 6.45) is 2.74. The monoisotopic (exact) mass is 324 g/mol. The van der Waals surface area contributed by atoms with Crippen LogP contribution in [0.5, 0.6) is 5.75 Å². The summed E-state index contributed by atoms with van der Waals surface area (Å²) in [5.74, 6) is 0.859. The molecule has 4 heteroatoms. The molecule has 1 saturated carbocycles. The zero-order valence-corrected chi connectivity index (χ0v) is 14.3. The van der Waals surface area contributed by atoms with E-state index in [1.165, 1.54) is 11.1 Å². The van der Waals surface area contributed by atoms with Gasteiger partial charge in [0.15, 0.2) is 0 Å². The molecule has 0 aromatic heterocycles. The minimum absolute atomic E-state index is 0.108. The van der Waals surface area contributed by atoms with E-state index in [4.69, 9.17) is 4.74 Å². The van der Waals surface area contributed by atoms with Crippen molar-refractivity contribution < 1.29 is 9.53 Å². The molecule has 2 N–H and O–H groups in total. The van der Waals surface area contributed by atoms with Crippen molar-refractivity contribution in [2.45, 2.75) is 31.7 Å². The number of benzene rings is 2. The van der Waals surface area contributed by atoms with Gasteiger partial charge in [0.05, 0.1) is 12.6 Å². The standard InChI is InChI=1S/C20H24N2O2/c1-15-7-9-17(10-8-15)20(12-13-20)22-19(23)21-14-11-16-5-3-4-6-18(16)24-2/h3-10H,11-14H2,1-2H3,(H2,21,22,23). The molecule has 126 valence electrons. The van der Waals surface area contributed by atoms with E-state index < -0.39 is 0 Å². The molecule has 1 fully saturated rings. The number of hydrogen-bond donors (Lipinski definition) is 2. The highest BCUT2D eigenvalue weighted by molar-refractivity contribution is 5.75. The van der Waals surface area contributed by atoms with Gasteiger partial charge >= 0.3 is 6.03 Å². The first-order valence-corrected chi connectivity index (χ1v) is 8.38. The molecule has 2 amide bonds. The molecule has 0 saturated heterocycles. The van der Waals surface area contributed by atoms with E-state index in [1.807, 2.05) is 24.3 Å². The van der Waals surface area contributed by atoms with Gasteiger partial charge in [-0.1, -0.05) is 48.0 Å². The first kappa shape index (κ1) is 16.4. The van der Waals surface area contributed by atoms with E-state index in [9.17, 15) is 4.79 Å². The summed E-state index contributed by atoms with van der Waals surface area (Å²) in [5.41, 5.74) is 3.34. The maximum Gasteiger partial charge on any atom is 0.315 e. The van der Waals surface area contributed by atoms with Crippen LogP contribution in [0.15, 0.2) is 48.5 Å². The minimum Gasteiger partial charge on any atom is -0.496 e. The van der Waals surface area contributed by atoms with Gasteiger partial charge in [0, 0.05) is 6.54 Å². The number of amides is 2. The molecule has 0 unspecified atom stereocenters. The van der Waals surface area contributed by atoms with Crippen molar-refractivity contribution in [3.63, 3.8) is 0 Å². The van der Waals surface area contributed by atoms with Gasteiger partial charge in [-0.05, 0) is 43.4 Å². The summed E-state index contributed by atoms with van der Waals surface area (Å²) < 4.78 is 5.33. The molecule has 4 nitrogen and oxygen atoms in total. The van der Waals surface area contributed by atoms with E-state index in [1.54, 1.807) is 7.11 Å². The van der Waals surface area contributed by atoms with Gasteiger partial charge in [0.1, 0.15) is 5.75 Å². The Labute approximate surface area is 143 Å². The third kappa shape index (κ3) is 3.70. The SMILES string of the molecule is COc1ccccc1CCNC(=O)NC1(c2ccc(C)cc2)CC1. The molecule has 0 heterocycles. The average molecular weight is 324 g/mol. The van der Waals surface area contributed by atoms with Crippen LogP contribution in [0.3, 0.4) is 0 Å². The molecule has 1 aliphatic carbocycles. The summed E-state index contributed by atoms with van der Waals surface area (Å²) in [6, 6.07) is 16.2. The molecule has 2 aromatic carbocycles. The average Bonchev–Trinajstić information content (AvgIpc) is 3.36. The van der Waals surface area contributed by atoms with Crippen LogP contribution < -0.4 is 15.4 Å². The molecule has 1 aliphatic rings. The molecule has 24 heavy (non-hydrogen) atoms. The number of aryl methyl sites for hydroxylation is 1. The van der Waals surface area contributed by atoms with Crippen LogP contribution in [0.1, 0.15) is 29.5 Å². The maximum atomic E-state index is 12.2. The van der Waals surface area contributed by atoms with Crippen LogP contribution in [-0.4, -0.2) is 19.7 Å². The number of methoxy groups -OCH3 is 1. The lowest BCUT2D eigenvalue weighted by molar-refractivity contribution is 0.236. The van der Waals surface area contributed by atoms with Crippen molar-refractivity contribution in [3.8, 4) is 5.75 Å². The molecule has 3 rings (SSSR count). The van der Waals surface area contributed by atoms with Crippen LogP contribution in [0.25, 0.3) is 0 Å². The zero-order chi connectivity index (χ0) is 17.0. The highest BCUT2D eigenvalue weighted by atomic mass is 16.5. The summed E-state index contributed by atoms with van der Waals surface area (Å²) in [4.78, 5) is 12.2. The van der Waals surface area contributed by atoms with E-state index in [2.05, 4.69) is 41.8 Å². The first-order valence-electron chi connectivity index (χ1n) is 8.38. The summed E-state index contributed by atoms with van der Waals surface area (Å²) >= 11 is 0. The van der Waals surface area contributed by atoms with E-state index in [0.29, 0.717) is 6.54 Å². The Bertz CT molecular complexity index is 706. The number of carbonyl (C=O) groups is 1. The van der Waals surface area contributed by atoms with Gasteiger partial charge in [0.2, 0.25) is 0 Å². The van der Waals surface area contributed by atoms with Gasteiger partial charge in [-0.25, -0.2) is 4.79 Å². The largest absolute Gasteiger partial charge is 0.496 e. The quantitative estimate of drug-likeness (QED) is 0.854. The molecular weight excluding hydrogens is 300 g/mol. The smallest absolute Gasteiger partial charge is 0.315 e. The fourth-order valence-electron chi connectivity index (χ4n) is 2.97. The molecular formula is C20H24N2O2. The molecule has 0 spiro atoms. The Hall–Kier alpha value is -2.49. The van der Waals surface area contributed by atoms with Gasteiger partial charge in [0.25, 0.3) is 0 Å². The van der Waals surface area contributed by atoms with Crippen molar-refractivity contribution in [2.75, 3.05) is 13.7 Å². The molecule has 0 aliphatic heterocycles. The van der Waals surface area contributed by atoms with Gasteiger partial charge < -0.3 is 15.4 Å². The topological polar surface area (TPSA) is 50.4 Å². The van der Waals surface area contributed by atoms with Crippen molar-refractivity contribution in [1.29, 1.82) is 0 Å². The maximum absolute atomic E-state index is 12.2. The Kier molecular flexibility index (Phi) is 4.74. The van der Waals surface area contributed by atoms with Gasteiger partial charge in [-0.2, -0.15) is 0 Å². The Morgan fingerprint density at radius 1 is 1.12 bits per heavy atom. The lowest BCUT2D eigenvalue weighted by Crippen LogP contribution is -2.42. The molecule has 0 radical (unpaired) electrons. The van der Waals surface area contributed by atoms with Crippen molar-refractivity contribution in [2.24, 2.45) is 0 Å². The van der Waals surface area contributed by atoms with Crippen LogP contribution in [0.4, 0.5) is 4.79 Å². The van der Waals surface area contributed by atoms with E-state index in [-0.39, 0.29) is 11.6 Å². The number of nitrogens with one attached hydrogen (secondary N) is 2. The first-order chi connectivity index (χ1) is 11.6. The predicted octanol–water partition coefficient (Wildman–Crippen LogP) is 3.53. The number of carbonyl (C=O) groups excluding carboxylic acids is 1. The highest BCUT2D eigenvalue weighted by Crippen LogP contribution is 2.45. The minimum atomic E-state index is -0.178. The molecule has 0 bridgehead atoms. The Balaban J connectivity index is 1.52. The lowest BCUT2D eigenvalue weighted by Gasteiger charge is -2.19. The number of rotatable bonds is 6. The van der Waals surface area contributed by atoms with Crippen molar-refractivity contribution in [3.05, 3.63) is 65.2 Å². The van der Waals surface area contributed by atoms with Crippen LogP contribution in [0.2, 0.25) is 0 Å². The second-order valence-electron chi connectivity index (χ2n) is 6.39. The fraction of sp³-hybridized carbons (Fsp3) is 0.350. The Morgan fingerprint density at radius 2 is 1.83 bits per heavy atom. The number of hydrogen-bond acceptors (Lipinski definition) is 2. The number of urea groups is 1. The fourth-order valence-corrected chi connectivity index (χ4v) is 2.97. The summed E-state index contributed by atoms with van der Waals surface area (Å²) in [7, 11) is 1.66. The lowest BCUT2D eigenvalue weighted by atomic mass is 10.0. The molecule has 2 aromatic rings. The van der Waals surface area contributed by atoms with Crippen LogP contribution in [-0.2, 0) is 12.0 Å². The number of para-hydroxylation sites is 1. The zero-order valence-electron chi connectivity index (χ0n) is 14.3. The van der Waals surface area contributed by atoms with Crippen LogP contribution >= 0.6 is 0 Å². The highest BCUT2D eigenvalue weighted by Gasteiger charge is 2.45. The molecule has 0 atom stereocenters. The number of ether oxygens (including phenoxy) is 1. The van der Waals surface area contributed by atoms with Gasteiger partial charge in [-0.15, -0.1) is 0 Å². The van der Waals surface area contributed by atoms with Gasteiger partial charge in [-0.3, -0.25) is 0 Å². The van der Waals surface area contributed by atoms with E-state index >= 15 is 0 Å². The van der Waals surface area contributed by atoms with Crippen molar-refractivity contribution in [1.82, 2.24) is 10.6 Å².